The molecule has 0 aromatic carbocycles. The molecule has 0 fully saturated rings. The summed E-state index contributed by atoms with van der Waals surface area (Å²) in [5.41, 5.74) is 0.950. The molecule has 0 amide bonds. The maximum atomic E-state index is 12.3. The number of allylic oxidation sites excluding steroid dienone is 2. The van der Waals surface area contributed by atoms with Gasteiger partial charge in [0, 0.05) is 31.1 Å². The van der Waals surface area contributed by atoms with Crippen LogP contribution in [0.2, 0.25) is 0 Å². The van der Waals surface area contributed by atoms with Crippen molar-refractivity contribution in [3.63, 3.8) is 0 Å². The first-order valence-electron chi connectivity index (χ1n) is 10.9. The van der Waals surface area contributed by atoms with Gasteiger partial charge < -0.3 is 30.0 Å². The van der Waals surface area contributed by atoms with Crippen molar-refractivity contribution in [3.05, 3.63) is 23.8 Å². The van der Waals surface area contributed by atoms with Gasteiger partial charge in [-0.25, -0.2) is 0 Å². The molecule has 2 aliphatic rings. The van der Waals surface area contributed by atoms with Crippen molar-refractivity contribution in [1.29, 1.82) is 0 Å². The molecule has 8 heteroatoms. The van der Waals surface area contributed by atoms with Crippen LogP contribution in [0.3, 0.4) is 0 Å². The van der Waals surface area contributed by atoms with Crippen molar-refractivity contribution in [2.75, 3.05) is 0 Å². The number of carbonyl (C=O) groups excluding carboxylic acids is 2. The van der Waals surface area contributed by atoms with E-state index >= 15 is 0 Å². The minimum atomic E-state index is -1.35. The van der Waals surface area contributed by atoms with Gasteiger partial charge in [-0.3, -0.25) is 4.79 Å². The second-order valence-corrected chi connectivity index (χ2v) is 9.20. The van der Waals surface area contributed by atoms with Gasteiger partial charge in [0.15, 0.2) is 0 Å². The zero-order valence-corrected chi connectivity index (χ0v) is 21.1. The van der Waals surface area contributed by atoms with Crippen molar-refractivity contribution >= 4 is 11.9 Å². The number of fused-ring (bicyclic) bond motifs is 1. The third-order valence-corrected chi connectivity index (χ3v) is 6.01. The Hall–Kier alpha value is -0.700. The Morgan fingerprint density at radius 3 is 2.52 bits per heavy atom. The maximum Gasteiger partial charge on any atom is 1.00 e. The fraction of sp³-hybridized carbons (Fsp3) is 0.739. The molecule has 0 bridgehead atoms. The van der Waals surface area contributed by atoms with Crippen LogP contribution in [-0.2, 0) is 14.3 Å². The van der Waals surface area contributed by atoms with Gasteiger partial charge in [0.2, 0.25) is 0 Å². The van der Waals surface area contributed by atoms with E-state index in [4.69, 9.17) is 4.74 Å². The van der Waals surface area contributed by atoms with Crippen molar-refractivity contribution in [2.45, 2.75) is 83.7 Å². The van der Waals surface area contributed by atoms with E-state index in [-0.39, 0.29) is 65.6 Å². The van der Waals surface area contributed by atoms with Crippen molar-refractivity contribution in [1.82, 2.24) is 0 Å². The van der Waals surface area contributed by atoms with Crippen LogP contribution in [-0.4, -0.2) is 51.7 Å². The fourth-order valence-corrected chi connectivity index (χ4v) is 4.63. The van der Waals surface area contributed by atoms with Gasteiger partial charge in [-0.2, -0.15) is 0 Å². The molecule has 31 heavy (non-hydrogen) atoms. The second-order valence-electron chi connectivity index (χ2n) is 9.20. The summed E-state index contributed by atoms with van der Waals surface area (Å²) in [5.74, 6) is -1.21. The summed E-state index contributed by atoms with van der Waals surface area (Å²) >= 11 is 0. The minimum Gasteiger partial charge on any atom is -0.550 e. The van der Waals surface area contributed by atoms with Gasteiger partial charge in [0.1, 0.15) is 6.10 Å². The average Bonchev–Trinajstić information content (AvgIpc) is 2.59. The molecule has 0 aromatic rings. The third kappa shape index (κ3) is 8.98. The van der Waals surface area contributed by atoms with E-state index in [0.717, 1.165) is 5.57 Å². The Kier molecular flexibility index (Phi) is 12.0. The Bertz CT molecular complexity index is 660. The van der Waals surface area contributed by atoms with E-state index in [9.17, 15) is 30.0 Å². The summed E-state index contributed by atoms with van der Waals surface area (Å²) < 4.78 is 5.79. The molecule has 7 atom stereocenters. The molecule has 2 aliphatic carbocycles. The van der Waals surface area contributed by atoms with Gasteiger partial charge in [-0.15, -0.1) is 0 Å². The number of esters is 1. The summed E-state index contributed by atoms with van der Waals surface area (Å²) in [6.45, 7) is 5.98. The summed E-state index contributed by atoms with van der Waals surface area (Å²) in [4.78, 5) is 22.9. The molecule has 0 aromatic heterocycles. The van der Waals surface area contributed by atoms with Gasteiger partial charge in [-0.1, -0.05) is 39.0 Å². The Morgan fingerprint density at radius 2 is 1.90 bits per heavy atom. The van der Waals surface area contributed by atoms with Crippen LogP contribution in [0, 0.1) is 23.7 Å². The molecule has 0 spiro atoms. The standard InChI is InChI=1S/C23H36O7.Na/c1-13(2)8-22(29)30-20-11-17(25)9-15-5-4-14(3)19(23(15)20)7-6-16(24)10-18(26)12-21(27)28;/h4-5,9,13-14,16-20,23-26H,6-8,10-12H2,1-3H3,(H,27,28);/q;+1/p-1/t14-,16+,17+,18+,19-,20-,23-;/m0./s1. The van der Waals surface area contributed by atoms with Crippen molar-refractivity contribution in [3.8, 4) is 0 Å². The fourth-order valence-electron chi connectivity index (χ4n) is 4.63. The minimum absolute atomic E-state index is 0. The summed E-state index contributed by atoms with van der Waals surface area (Å²) in [6, 6.07) is 0. The van der Waals surface area contributed by atoms with Gasteiger partial charge >= 0.3 is 35.5 Å². The summed E-state index contributed by atoms with van der Waals surface area (Å²) in [6.07, 6.45) is 3.96. The van der Waals surface area contributed by atoms with Crippen LogP contribution in [0.4, 0.5) is 0 Å². The number of aliphatic hydroxyl groups excluding tert-OH is 3. The number of aliphatic carboxylic acids is 1. The SMILES string of the molecule is CC(C)CC(=O)O[C@H]1C[C@H](O)C=C2C=C[C@H](C)[C@H](CC[C@@H](O)C[C@@H](O)CC(=O)[O-])[C@H]21.[Na+]. The molecular weight excluding hydrogens is 411 g/mol. The van der Waals surface area contributed by atoms with Gasteiger partial charge in [0.05, 0.1) is 18.3 Å². The number of carboxylic acid groups (broad SMARTS) is 1. The zero-order chi connectivity index (χ0) is 22.4. The number of ether oxygens (including phenoxy) is 1. The molecule has 0 unspecified atom stereocenters. The number of rotatable bonds is 10. The molecule has 2 rings (SSSR count). The number of carbonyl (C=O) groups is 2. The second kappa shape index (κ2) is 13.1. The van der Waals surface area contributed by atoms with E-state index < -0.39 is 36.8 Å². The molecule has 0 saturated heterocycles. The monoisotopic (exact) mass is 446 g/mol. The molecular formula is C23H35NaO7. The Balaban J connectivity index is 0.00000480. The zero-order valence-electron chi connectivity index (χ0n) is 19.1. The average molecular weight is 447 g/mol. The Morgan fingerprint density at radius 1 is 1.23 bits per heavy atom. The van der Waals surface area contributed by atoms with E-state index in [1.807, 2.05) is 26.0 Å². The van der Waals surface area contributed by atoms with Crippen LogP contribution in [0.5, 0.6) is 0 Å². The predicted octanol–water partition coefficient (Wildman–Crippen LogP) is -1.89. The molecule has 7 nitrogen and oxygen atoms in total. The van der Waals surface area contributed by atoms with Crippen molar-refractivity contribution in [2.24, 2.45) is 23.7 Å². The summed E-state index contributed by atoms with van der Waals surface area (Å²) in [5, 5.41) is 40.8. The molecule has 0 radical (unpaired) electrons. The number of aliphatic hydroxyl groups is 3. The van der Waals surface area contributed by atoms with Crippen LogP contribution in [0.25, 0.3) is 0 Å². The van der Waals surface area contributed by atoms with Crippen LogP contribution in [0.1, 0.15) is 59.3 Å². The van der Waals surface area contributed by atoms with E-state index in [1.165, 1.54) is 0 Å². The van der Waals surface area contributed by atoms with Gasteiger partial charge in [-0.05, 0) is 42.6 Å². The topological polar surface area (TPSA) is 127 Å². The Labute approximate surface area is 206 Å². The smallest absolute Gasteiger partial charge is 0.550 e. The normalized spacial score (nSPS) is 29.4. The van der Waals surface area contributed by atoms with E-state index in [1.54, 1.807) is 0 Å². The number of carboxylic acids is 1. The number of hydrogen-bond donors (Lipinski definition) is 3. The molecule has 0 heterocycles. The van der Waals surface area contributed by atoms with Crippen LogP contribution in [0.15, 0.2) is 23.8 Å². The molecule has 170 valence electrons. The molecule has 0 aliphatic heterocycles. The summed E-state index contributed by atoms with van der Waals surface area (Å²) in [7, 11) is 0. The molecule has 0 saturated carbocycles. The van der Waals surface area contributed by atoms with Crippen LogP contribution >= 0.6 is 0 Å². The third-order valence-electron chi connectivity index (χ3n) is 6.01. The van der Waals surface area contributed by atoms with Crippen molar-refractivity contribution < 1.29 is 64.3 Å². The first-order valence-corrected chi connectivity index (χ1v) is 10.9. The number of hydrogen-bond acceptors (Lipinski definition) is 7. The quantitative estimate of drug-likeness (QED) is 0.265. The maximum absolute atomic E-state index is 12.3. The van der Waals surface area contributed by atoms with E-state index in [0.29, 0.717) is 25.7 Å². The van der Waals surface area contributed by atoms with Gasteiger partial charge in [0.25, 0.3) is 0 Å². The van der Waals surface area contributed by atoms with E-state index in [2.05, 4.69) is 13.0 Å². The largest absolute Gasteiger partial charge is 1.00 e. The first-order chi connectivity index (χ1) is 14.1. The first kappa shape index (κ1) is 28.3. The van der Waals surface area contributed by atoms with Crippen LogP contribution < -0.4 is 34.7 Å². The predicted molar refractivity (Wildman–Crippen MR) is 109 cm³/mol. The molecule has 3 N–H and O–H groups in total.